The first-order valence-corrected chi connectivity index (χ1v) is 8.50. The van der Waals surface area contributed by atoms with Crippen LogP contribution in [0.25, 0.3) is 6.08 Å². The number of nitro benzene ring substituents is 1. The van der Waals surface area contributed by atoms with E-state index in [2.05, 4.69) is 0 Å². The number of sulfone groups is 1. The number of benzene rings is 1. The van der Waals surface area contributed by atoms with Gasteiger partial charge in [0.25, 0.3) is 5.69 Å². The predicted octanol–water partition coefficient (Wildman–Crippen LogP) is 1.25. The van der Waals surface area contributed by atoms with Gasteiger partial charge in [-0.2, -0.15) is 0 Å². The van der Waals surface area contributed by atoms with Gasteiger partial charge in [0.15, 0.2) is 9.84 Å². The normalized spacial score (nSPS) is 20.1. The third-order valence-corrected chi connectivity index (χ3v) is 5.35. The molecular weight excluding hydrogens is 308 g/mol. The molecule has 1 heterocycles. The van der Waals surface area contributed by atoms with Crippen molar-refractivity contribution in [2.75, 3.05) is 18.6 Å². The van der Waals surface area contributed by atoms with Crippen LogP contribution < -0.4 is 0 Å². The van der Waals surface area contributed by atoms with Gasteiger partial charge in [0.05, 0.1) is 16.4 Å². The molecule has 0 bridgehead atoms. The third kappa shape index (κ3) is 3.91. The van der Waals surface area contributed by atoms with Gasteiger partial charge in [0, 0.05) is 31.3 Å². The Morgan fingerprint density at radius 1 is 1.45 bits per heavy atom. The molecule has 1 unspecified atom stereocenters. The highest BCUT2D eigenvalue weighted by molar-refractivity contribution is 7.91. The zero-order valence-electron chi connectivity index (χ0n) is 12.0. The van der Waals surface area contributed by atoms with Crippen LogP contribution in [0, 0.1) is 10.1 Å². The minimum absolute atomic E-state index is 0.0140. The Hall–Kier alpha value is -2.22. The van der Waals surface area contributed by atoms with Crippen LogP contribution in [0.5, 0.6) is 0 Å². The molecule has 0 N–H and O–H groups in total. The molecule has 0 saturated carbocycles. The van der Waals surface area contributed by atoms with E-state index in [9.17, 15) is 23.3 Å². The number of nitro groups is 1. The highest BCUT2D eigenvalue weighted by atomic mass is 32.2. The standard InChI is InChI=1S/C14H16N2O5S/c1-15(13-7-8-22(20,21)10-13)14(17)6-5-11-3-2-4-12(9-11)16(18)19/h2-6,9,13H,7-8,10H2,1H3. The third-order valence-electron chi connectivity index (χ3n) is 3.60. The SMILES string of the molecule is CN(C(=O)C=Cc1cccc([N+](=O)[O-])c1)C1CCS(=O)(=O)C1. The lowest BCUT2D eigenvalue weighted by atomic mass is 10.2. The van der Waals surface area contributed by atoms with Crippen LogP contribution in [0.1, 0.15) is 12.0 Å². The molecule has 8 heteroatoms. The Morgan fingerprint density at radius 3 is 2.77 bits per heavy atom. The van der Waals surface area contributed by atoms with E-state index in [1.165, 1.54) is 35.3 Å². The lowest BCUT2D eigenvalue weighted by molar-refractivity contribution is -0.384. The number of likely N-dealkylation sites (N-methyl/N-ethyl adjacent to an activating group) is 1. The van der Waals surface area contributed by atoms with Crippen molar-refractivity contribution in [3.63, 3.8) is 0 Å². The summed E-state index contributed by atoms with van der Waals surface area (Å²) in [5.74, 6) is -0.238. The number of hydrogen-bond donors (Lipinski definition) is 0. The van der Waals surface area contributed by atoms with Crippen LogP contribution in [0.3, 0.4) is 0 Å². The lowest BCUT2D eigenvalue weighted by Gasteiger charge is -2.21. The number of carbonyl (C=O) groups excluding carboxylic acids is 1. The van der Waals surface area contributed by atoms with Crippen molar-refractivity contribution >= 4 is 27.5 Å². The quantitative estimate of drug-likeness (QED) is 0.472. The fourth-order valence-corrected chi connectivity index (χ4v) is 4.06. The van der Waals surface area contributed by atoms with Gasteiger partial charge in [-0.25, -0.2) is 8.42 Å². The average molecular weight is 324 g/mol. The molecule has 1 aliphatic rings. The molecule has 1 amide bonds. The van der Waals surface area contributed by atoms with Gasteiger partial charge in [-0.15, -0.1) is 0 Å². The highest BCUT2D eigenvalue weighted by Crippen LogP contribution is 2.18. The molecule has 7 nitrogen and oxygen atoms in total. The Bertz CT molecular complexity index is 727. The maximum Gasteiger partial charge on any atom is 0.270 e. The molecular formula is C14H16N2O5S. The second-order valence-electron chi connectivity index (χ2n) is 5.19. The van der Waals surface area contributed by atoms with E-state index in [1.54, 1.807) is 13.1 Å². The van der Waals surface area contributed by atoms with Crippen LogP contribution >= 0.6 is 0 Å². The summed E-state index contributed by atoms with van der Waals surface area (Å²) >= 11 is 0. The smallest absolute Gasteiger partial charge is 0.270 e. The summed E-state index contributed by atoms with van der Waals surface area (Å²) in [6.07, 6.45) is 3.22. The van der Waals surface area contributed by atoms with Gasteiger partial charge in [0.2, 0.25) is 5.91 Å². The summed E-state index contributed by atoms with van der Waals surface area (Å²) in [4.78, 5) is 23.6. The van der Waals surface area contributed by atoms with E-state index >= 15 is 0 Å². The van der Waals surface area contributed by atoms with E-state index in [0.717, 1.165) is 0 Å². The number of hydrogen-bond acceptors (Lipinski definition) is 5. The number of rotatable bonds is 4. The van der Waals surface area contributed by atoms with Crippen LogP contribution in [-0.2, 0) is 14.6 Å². The van der Waals surface area contributed by atoms with Gasteiger partial charge in [0.1, 0.15) is 0 Å². The first-order chi connectivity index (χ1) is 10.3. The molecule has 0 radical (unpaired) electrons. The van der Waals surface area contributed by atoms with Crippen molar-refractivity contribution in [3.8, 4) is 0 Å². The molecule has 1 fully saturated rings. The maximum atomic E-state index is 12.0. The van der Waals surface area contributed by atoms with Gasteiger partial charge in [-0.1, -0.05) is 12.1 Å². The van der Waals surface area contributed by atoms with E-state index in [1.807, 2.05) is 0 Å². The summed E-state index contributed by atoms with van der Waals surface area (Å²) < 4.78 is 22.9. The molecule has 118 valence electrons. The molecule has 0 aromatic heterocycles. The fraction of sp³-hybridized carbons (Fsp3) is 0.357. The fourth-order valence-electron chi connectivity index (χ4n) is 2.29. The minimum Gasteiger partial charge on any atom is -0.338 e. The average Bonchev–Trinajstić information content (AvgIpc) is 2.84. The number of nitrogens with zero attached hydrogens (tertiary/aromatic N) is 2. The van der Waals surface area contributed by atoms with Crippen LogP contribution in [-0.4, -0.2) is 48.7 Å². The summed E-state index contributed by atoms with van der Waals surface area (Å²) in [5.41, 5.74) is 0.486. The lowest BCUT2D eigenvalue weighted by Crippen LogP contribution is -2.36. The maximum absolute atomic E-state index is 12.0. The van der Waals surface area contributed by atoms with Crippen molar-refractivity contribution < 1.29 is 18.1 Å². The largest absolute Gasteiger partial charge is 0.338 e. The Kier molecular flexibility index (Phi) is 4.60. The Balaban J connectivity index is 2.05. The molecule has 0 spiro atoms. The van der Waals surface area contributed by atoms with Crippen LogP contribution in [0.15, 0.2) is 30.3 Å². The molecule has 2 rings (SSSR count). The second-order valence-corrected chi connectivity index (χ2v) is 7.42. The van der Waals surface area contributed by atoms with E-state index in [0.29, 0.717) is 12.0 Å². The summed E-state index contributed by atoms with van der Waals surface area (Å²) in [5, 5.41) is 10.7. The van der Waals surface area contributed by atoms with Crippen LogP contribution in [0.2, 0.25) is 0 Å². The monoisotopic (exact) mass is 324 g/mol. The van der Waals surface area contributed by atoms with Crippen molar-refractivity contribution in [1.29, 1.82) is 0 Å². The zero-order valence-corrected chi connectivity index (χ0v) is 12.8. The van der Waals surface area contributed by atoms with Crippen molar-refractivity contribution in [1.82, 2.24) is 4.90 Å². The topological polar surface area (TPSA) is 97.6 Å². The molecule has 1 saturated heterocycles. The molecule has 1 aliphatic heterocycles. The molecule has 1 aromatic carbocycles. The van der Waals surface area contributed by atoms with Gasteiger partial charge < -0.3 is 4.90 Å². The first kappa shape index (κ1) is 16.2. The molecule has 1 aromatic rings. The Morgan fingerprint density at radius 2 is 2.18 bits per heavy atom. The zero-order chi connectivity index (χ0) is 16.3. The summed E-state index contributed by atoms with van der Waals surface area (Å²) in [6.45, 7) is 0. The molecule has 0 aliphatic carbocycles. The molecule has 22 heavy (non-hydrogen) atoms. The first-order valence-electron chi connectivity index (χ1n) is 6.68. The van der Waals surface area contributed by atoms with E-state index < -0.39 is 14.8 Å². The van der Waals surface area contributed by atoms with Gasteiger partial charge in [-0.3, -0.25) is 14.9 Å². The van der Waals surface area contributed by atoms with E-state index in [-0.39, 0.29) is 29.1 Å². The molecule has 1 atom stereocenters. The summed E-state index contributed by atoms with van der Waals surface area (Å²) in [7, 11) is -1.49. The highest BCUT2D eigenvalue weighted by Gasteiger charge is 2.31. The van der Waals surface area contributed by atoms with Crippen molar-refractivity contribution in [3.05, 3.63) is 46.0 Å². The van der Waals surface area contributed by atoms with Crippen LogP contribution in [0.4, 0.5) is 5.69 Å². The second kappa shape index (κ2) is 6.27. The number of non-ortho nitro benzene ring substituents is 1. The number of carbonyl (C=O) groups is 1. The predicted molar refractivity (Wildman–Crippen MR) is 82.0 cm³/mol. The van der Waals surface area contributed by atoms with Gasteiger partial charge in [-0.05, 0) is 18.1 Å². The minimum atomic E-state index is -3.05. The van der Waals surface area contributed by atoms with E-state index in [4.69, 9.17) is 0 Å². The number of amides is 1. The van der Waals surface area contributed by atoms with Gasteiger partial charge >= 0.3 is 0 Å². The summed E-state index contributed by atoms with van der Waals surface area (Å²) in [6, 6.07) is 5.61. The Labute approximate surface area is 128 Å². The van der Waals surface area contributed by atoms with Crippen molar-refractivity contribution in [2.45, 2.75) is 12.5 Å². The van der Waals surface area contributed by atoms with Crippen molar-refractivity contribution in [2.24, 2.45) is 0 Å².